The van der Waals surface area contributed by atoms with Crippen LogP contribution in [-0.2, 0) is 14.8 Å². The van der Waals surface area contributed by atoms with Crippen LogP contribution in [0.5, 0.6) is 0 Å². The second-order valence-electron chi connectivity index (χ2n) is 5.75. The predicted molar refractivity (Wildman–Crippen MR) is 69.1 cm³/mol. The van der Waals surface area contributed by atoms with Gasteiger partial charge in [-0.15, -0.1) is 0 Å². The number of ether oxygens (including phenoxy) is 1. The first-order chi connectivity index (χ1) is 7.83. The van der Waals surface area contributed by atoms with Crippen LogP contribution in [0.25, 0.3) is 0 Å². The highest BCUT2D eigenvalue weighted by Gasteiger charge is 2.37. The van der Waals surface area contributed by atoms with Crippen LogP contribution in [0.1, 0.15) is 46.0 Å². The minimum absolute atomic E-state index is 0.0711. The molecule has 0 aromatic heterocycles. The summed E-state index contributed by atoms with van der Waals surface area (Å²) in [5, 5.41) is 5.17. The third-order valence-electron chi connectivity index (χ3n) is 3.42. The summed E-state index contributed by atoms with van der Waals surface area (Å²) in [6.45, 7) is 5.55. The van der Waals surface area contributed by atoms with Gasteiger partial charge >= 0.3 is 0 Å². The van der Waals surface area contributed by atoms with Gasteiger partial charge in [0.05, 0.1) is 12.4 Å². The number of primary sulfonamides is 1. The molecule has 2 N–H and O–H groups in total. The summed E-state index contributed by atoms with van der Waals surface area (Å²) < 4.78 is 28.2. The first kappa shape index (κ1) is 14.9. The minimum Gasteiger partial charge on any atom is -0.381 e. The Balaban J connectivity index is 2.43. The number of sulfonamides is 1. The molecular formula is C12H25NO3S. The average molecular weight is 263 g/mol. The molecule has 1 fully saturated rings. The van der Waals surface area contributed by atoms with Crippen molar-refractivity contribution in [2.75, 3.05) is 19.0 Å². The van der Waals surface area contributed by atoms with Crippen LogP contribution in [0.15, 0.2) is 0 Å². The lowest BCUT2D eigenvalue weighted by molar-refractivity contribution is 0.0521. The zero-order chi connectivity index (χ0) is 12.9. The maximum Gasteiger partial charge on any atom is 0.209 e. The van der Waals surface area contributed by atoms with E-state index in [-0.39, 0.29) is 11.2 Å². The largest absolute Gasteiger partial charge is 0.381 e. The highest BCUT2D eigenvalue weighted by molar-refractivity contribution is 7.89. The molecule has 4 nitrogen and oxygen atoms in total. The molecule has 17 heavy (non-hydrogen) atoms. The van der Waals surface area contributed by atoms with Gasteiger partial charge in [-0.3, -0.25) is 0 Å². The van der Waals surface area contributed by atoms with Crippen molar-refractivity contribution in [1.29, 1.82) is 0 Å². The summed E-state index contributed by atoms with van der Waals surface area (Å²) in [5.74, 6) is 0.689. The van der Waals surface area contributed by atoms with Crippen molar-refractivity contribution in [3.05, 3.63) is 0 Å². The molecule has 0 radical (unpaired) electrons. The Morgan fingerprint density at radius 1 is 1.29 bits per heavy atom. The number of hydrogen-bond acceptors (Lipinski definition) is 3. The Kier molecular flexibility index (Phi) is 5.41. The topological polar surface area (TPSA) is 69.4 Å². The molecule has 1 aliphatic carbocycles. The SMILES string of the molecule is CC(C)CCOCC1(CS(N)(=O)=O)CCCC1. The molecule has 1 rings (SSSR count). The molecule has 1 aliphatic rings. The van der Waals surface area contributed by atoms with Gasteiger partial charge in [-0.1, -0.05) is 26.7 Å². The van der Waals surface area contributed by atoms with Gasteiger partial charge in [0.2, 0.25) is 10.0 Å². The lowest BCUT2D eigenvalue weighted by Crippen LogP contribution is -2.35. The molecule has 0 heterocycles. The van der Waals surface area contributed by atoms with E-state index in [1.54, 1.807) is 0 Å². The van der Waals surface area contributed by atoms with Crippen LogP contribution >= 0.6 is 0 Å². The van der Waals surface area contributed by atoms with Gasteiger partial charge in [0.25, 0.3) is 0 Å². The van der Waals surface area contributed by atoms with Crippen molar-refractivity contribution in [2.45, 2.75) is 46.0 Å². The van der Waals surface area contributed by atoms with E-state index < -0.39 is 10.0 Å². The standard InChI is InChI=1S/C12H25NO3S/c1-11(2)5-8-16-9-12(6-3-4-7-12)10-17(13,14)15/h11H,3-10H2,1-2H3,(H2,13,14,15). The molecule has 0 aromatic carbocycles. The Labute approximate surface area is 105 Å². The van der Waals surface area contributed by atoms with E-state index in [1.807, 2.05) is 0 Å². The van der Waals surface area contributed by atoms with Gasteiger partial charge in [-0.25, -0.2) is 13.6 Å². The fraction of sp³-hybridized carbons (Fsp3) is 1.00. The second-order valence-corrected chi connectivity index (χ2v) is 7.36. The second kappa shape index (κ2) is 6.16. The Hall–Kier alpha value is -0.130. The third-order valence-corrected chi connectivity index (χ3v) is 4.43. The van der Waals surface area contributed by atoms with Crippen LogP contribution in [0, 0.1) is 11.3 Å². The van der Waals surface area contributed by atoms with E-state index >= 15 is 0 Å². The summed E-state index contributed by atoms with van der Waals surface area (Å²) in [7, 11) is -3.40. The van der Waals surface area contributed by atoms with Crippen molar-refractivity contribution >= 4 is 10.0 Å². The van der Waals surface area contributed by atoms with Gasteiger partial charge in [0, 0.05) is 12.0 Å². The molecule has 0 aliphatic heterocycles. The van der Waals surface area contributed by atoms with E-state index in [2.05, 4.69) is 13.8 Å². The van der Waals surface area contributed by atoms with Crippen LogP contribution in [-0.4, -0.2) is 27.4 Å². The summed E-state index contributed by atoms with van der Waals surface area (Å²) in [4.78, 5) is 0. The lowest BCUT2D eigenvalue weighted by Gasteiger charge is -2.27. The summed E-state index contributed by atoms with van der Waals surface area (Å²) >= 11 is 0. The average Bonchev–Trinajstić information content (AvgIpc) is 2.58. The van der Waals surface area contributed by atoms with Gasteiger partial charge in [0.1, 0.15) is 0 Å². The van der Waals surface area contributed by atoms with Crippen LogP contribution in [0.3, 0.4) is 0 Å². The summed E-state index contributed by atoms with van der Waals surface area (Å²) in [6.07, 6.45) is 5.04. The summed E-state index contributed by atoms with van der Waals surface area (Å²) in [6, 6.07) is 0. The van der Waals surface area contributed by atoms with Crippen molar-refractivity contribution in [1.82, 2.24) is 0 Å². The van der Waals surface area contributed by atoms with Crippen LogP contribution in [0.4, 0.5) is 0 Å². The normalized spacial score (nSPS) is 20.0. The van der Waals surface area contributed by atoms with Gasteiger partial charge in [-0.2, -0.15) is 0 Å². The summed E-state index contributed by atoms with van der Waals surface area (Å²) in [5.41, 5.74) is -0.218. The van der Waals surface area contributed by atoms with E-state index in [1.165, 1.54) is 0 Å². The fourth-order valence-corrected chi connectivity index (χ4v) is 3.72. The van der Waals surface area contributed by atoms with Gasteiger partial charge in [0.15, 0.2) is 0 Å². The molecule has 0 bridgehead atoms. The molecule has 102 valence electrons. The van der Waals surface area contributed by atoms with Crippen molar-refractivity contribution < 1.29 is 13.2 Å². The van der Waals surface area contributed by atoms with E-state index in [0.29, 0.717) is 19.1 Å². The Bertz CT molecular complexity index is 319. The van der Waals surface area contributed by atoms with Crippen molar-refractivity contribution in [3.8, 4) is 0 Å². The number of hydrogen-bond donors (Lipinski definition) is 1. The third kappa shape index (κ3) is 5.84. The molecule has 5 heteroatoms. The predicted octanol–water partition coefficient (Wildman–Crippen LogP) is 1.90. The molecule has 0 saturated heterocycles. The zero-order valence-electron chi connectivity index (χ0n) is 10.9. The first-order valence-corrected chi connectivity index (χ1v) is 8.13. The highest BCUT2D eigenvalue weighted by Crippen LogP contribution is 2.39. The Morgan fingerprint density at radius 3 is 2.35 bits per heavy atom. The smallest absolute Gasteiger partial charge is 0.209 e. The Morgan fingerprint density at radius 2 is 1.88 bits per heavy atom. The monoisotopic (exact) mass is 263 g/mol. The zero-order valence-corrected chi connectivity index (χ0v) is 11.8. The molecule has 0 atom stereocenters. The molecule has 0 spiro atoms. The van der Waals surface area contributed by atoms with Crippen LogP contribution in [0.2, 0.25) is 0 Å². The number of rotatable bonds is 7. The van der Waals surface area contributed by atoms with Crippen LogP contribution < -0.4 is 5.14 Å². The van der Waals surface area contributed by atoms with E-state index in [4.69, 9.17) is 9.88 Å². The lowest BCUT2D eigenvalue weighted by atomic mass is 9.90. The van der Waals surface area contributed by atoms with Gasteiger partial charge < -0.3 is 4.74 Å². The number of nitrogens with two attached hydrogens (primary N) is 1. The molecule has 0 unspecified atom stereocenters. The van der Waals surface area contributed by atoms with E-state index in [0.717, 1.165) is 32.1 Å². The fourth-order valence-electron chi connectivity index (χ4n) is 2.49. The molecule has 0 aromatic rings. The maximum absolute atomic E-state index is 11.3. The molecular weight excluding hydrogens is 238 g/mol. The molecule has 0 amide bonds. The van der Waals surface area contributed by atoms with Crippen molar-refractivity contribution in [2.24, 2.45) is 16.5 Å². The van der Waals surface area contributed by atoms with Gasteiger partial charge in [-0.05, 0) is 25.2 Å². The first-order valence-electron chi connectivity index (χ1n) is 6.41. The van der Waals surface area contributed by atoms with E-state index in [9.17, 15) is 8.42 Å². The minimum atomic E-state index is -3.40. The maximum atomic E-state index is 11.3. The highest BCUT2D eigenvalue weighted by atomic mass is 32.2. The van der Waals surface area contributed by atoms with Crippen molar-refractivity contribution in [3.63, 3.8) is 0 Å². The molecule has 1 saturated carbocycles. The quantitative estimate of drug-likeness (QED) is 0.713.